The standard InChI is InChI=1S/C6H10N2.H2S.H2/c1-4-5(2)7-8-6(4)3;;/h1-3H3,(H,7,8);1H2;1H. The van der Waals surface area contributed by atoms with Gasteiger partial charge in [0, 0.05) is 7.12 Å². The lowest BCUT2D eigenvalue weighted by Gasteiger charge is -1.83. The molecule has 1 aromatic rings. The Labute approximate surface area is 63.6 Å². The molecule has 2 nitrogen and oxygen atoms in total. The molecule has 1 rings (SSSR count). The van der Waals surface area contributed by atoms with Crippen LogP contribution in [0.25, 0.3) is 0 Å². The molecule has 0 atom stereocenters. The normalized spacial score (nSPS) is 8.78. The predicted molar refractivity (Wildman–Crippen MR) is 45.3 cm³/mol. The highest BCUT2D eigenvalue weighted by atomic mass is 32.1. The Kier molecular flexibility index (Phi) is 2.77. The van der Waals surface area contributed by atoms with E-state index in [0.29, 0.717) is 0 Å². The van der Waals surface area contributed by atoms with Gasteiger partial charge in [0.2, 0.25) is 0 Å². The number of nitrogens with zero attached hydrogens (tertiary/aromatic N) is 1. The zero-order chi connectivity index (χ0) is 6.15. The largest absolute Gasteiger partial charge is 0.282 e. The second kappa shape index (κ2) is 2.92. The molecule has 1 N–H and O–H groups in total. The molecule has 0 aliphatic heterocycles. The van der Waals surface area contributed by atoms with E-state index in [4.69, 9.17) is 0 Å². The summed E-state index contributed by atoms with van der Waals surface area (Å²) in [4.78, 5) is 0. The number of aryl methyl sites for hydroxylation is 2. The number of aromatic nitrogens is 2. The van der Waals surface area contributed by atoms with Gasteiger partial charge in [-0.2, -0.15) is 18.6 Å². The summed E-state index contributed by atoms with van der Waals surface area (Å²) in [6.45, 7) is 6.09. The van der Waals surface area contributed by atoms with Gasteiger partial charge in [-0.3, -0.25) is 5.10 Å². The molecule has 0 aromatic carbocycles. The molecule has 0 aliphatic rings. The third-order valence-electron chi connectivity index (χ3n) is 1.50. The minimum absolute atomic E-state index is 0. The predicted octanol–water partition coefficient (Wildman–Crippen LogP) is 1.69. The van der Waals surface area contributed by atoms with Crippen LogP contribution in [0.1, 0.15) is 18.4 Å². The first-order chi connectivity index (χ1) is 3.72. The molecule has 0 radical (unpaired) electrons. The smallest absolute Gasteiger partial charge is 0.0623 e. The van der Waals surface area contributed by atoms with E-state index in [0.717, 1.165) is 5.69 Å². The van der Waals surface area contributed by atoms with Crippen molar-refractivity contribution < 1.29 is 1.43 Å². The van der Waals surface area contributed by atoms with E-state index < -0.39 is 0 Å². The van der Waals surface area contributed by atoms with Gasteiger partial charge in [0.1, 0.15) is 0 Å². The van der Waals surface area contributed by atoms with Crippen LogP contribution >= 0.6 is 13.5 Å². The van der Waals surface area contributed by atoms with Gasteiger partial charge in [0.25, 0.3) is 0 Å². The van der Waals surface area contributed by atoms with Crippen LogP contribution < -0.4 is 0 Å². The van der Waals surface area contributed by atoms with Crippen LogP contribution in [-0.2, 0) is 0 Å². The molecule has 1 heterocycles. The van der Waals surface area contributed by atoms with Crippen molar-refractivity contribution in [1.82, 2.24) is 10.2 Å². The molecule has 9 heavy (non-hydrogen) atoms. The maximum atomic E-state index is 3.99. The van der Waals surface area contributed by atoms with Gasteiger partial charge in [-0.25, -0.2) is 0 Å². The van der Waals surface area contributed by atoms with E-state index in [-0.39, 0.29) is 14.9 Å². The number of hydrogen-bond donors (Lipinski definition) is 1. The molecule has 0 saturated carbocycles. The summed E-state index contributed by atoms with van der Waals surface area (Å²) < 4.78 is 0. The van der Waals surface area contributed by atoms with Gasteiger partial charge in [0.05, 0.1) is 5.69 Å². The fraction of sp³-hybridized carbons (Fsp3) is 0.500. The molecule has 0 aliphatic carbocycles. The van der Waals surface area contributed by atoms with Crippen LogP contribution in [-0.4, -0.2) is 10.2 Å². The fourth-order valence-corrected chi connectivity index (χ4v) is 0.607. The van der Waals surface area contributed by atoms with Gasteiger partial charge in [-0.05, 0) is 26.3 Å². The summed E-state index contributed by atoms with van der Waals surface area (Å²) in [5.74, 6) is 0. The Morgan fingerprint density at radius 3 is 2.00 bits per heavy atom. The third-order valence-corrected chi connectivity index (χ3v) is 1.50. The first-order valence-corrected chi connectivity index (χ1v) is 2.70. The SMILES string of the molecule is Cc1n[nH]c(C)c1C.S.[HH]. The van der Waals surface area contributed by atoms with E-state index >= 15 is 0 Å². The highest BCUT2D eigenvalue weighted by Gasteiger charge is 1.96. The van der Waals surface area contributed by atoms with Gasteiger partial charge in [-0.15, -0.1) is 0 Å². The summed E-state index contributed by atoms with van der Waals surface area (Å²) in [5.41, 5.74) is 3.54. The highest BCUT2D eigenvalue weighted by molar-refractivity contribution is 7.59. The second-order valence-electron chi connectivity index (χ2n) is 2.06. The van der Waals surface area contributed by atoms with Gasteiger partial charge < -0.3 is 0 Å². The van der Waals surface area contributed by atoms with Crippen molar-refractivity contribution in [2.75, 3.05) is 0 Å². The molecular weight excluding hydrogens is 132 g/mol. The van der Waals surface area contributed by atoms with Gasteiger partial charge >= 0.3 is 0 Å². The number of H-pyrrole nitrogens is 1. The van der Waals surface area contributed by atoms with E-state index in [9.17, 15) is 0 Å². The van der Waals surface area contributed by atoms with Gasteiger partial charge in [-0.1, -0.05) is 0 Å². The topological polar surface area (TPSA) is 28.7 Å². The molecule has 3 heteroatoms. The van der Waals surface area contributed by atoms with Crippen LogP contribution in [0.4, 0.5) is 0 Å². The zero-order valence-corrected chi connectivity index (χ0v) is 6.95. The summed E-state index contributed by atoms with van der Waals surface area (Å²) in [6.07, 6.45) is 0. The lowest BCUT2D eigenvalue weighted by Crippen LogP contribution is -1.73. The van der Waals surface area contributed by atoms with Crippen molar-refractivity contribution in [2.24, 2.45) is 0 Å². The summed E-state index contributed by atoms with van der Waals surface area (Å²) >= 11 is 0. The van der Waals surface area contributed by atoms with E-state index in [1.54, 1.807) is 0 Å². The van der Waals surface area contributed by atoms with Crippen molar-refractivity contribution in [3.63, 3.8) is 0 Å². The van der Waals surface area contributed by atoms with Crippen LogP contribution in [0.3, 0.4) is 0 Å². The van der Waals surface area contributed by atoms with Crippen molar-refractivity contribution >= 4 is 13.5 Å². The minimum atomic E-state index is 0. The van der Waals surface area contributed by atoms with Crippen molar-refractivity contribution in [3.05, 3.63) is 17.0 Å². The average Bonchev–Trinajstić information content (AvgIpc) is 1.98. The fourth-order valence-electron chi connectivity index (χ4n) is 0.607. The first kappa shape index (κ1) is 8.56. The monoisotopic (exact) mass is 146 g/mol. The Hall–Kier alpha value is -0.440. The third kappa shape index (κ3) is 1.48. The van der Waals surface area contributed by atoms with E-state index in [2.05, 4.69) is 17.1 Å². The summed E-state index contributed by atoms with van der Waals surface area (Å²) in [7, 11) is 0. The zero-order valence-electron chi connectivity index (χ0n) is 5.95. The molecule has 0 fully saturated rings. The number of rotatable bonds is 0. The molecule has 0 unspecified atom stereocenters. The average molecular weight is 146 g/mol. The second-order valence-corrected chi connectivity index (χ2v) is 2.06. The number of hydrogen-bond acceptors (Lipinski definition) is 1. The molecular formula is C6H14N2S. The summed E-state index contributed by atoms with van der Waals surface area (Å²) in [5, 5.41) is 6.88. The van der Waals surface area contributed by atoms with Crippen LogP contribution in [0, 0.1) is 20.8 Å². The summed E-state index contributed by atoms with van der Waals surface area (Å²) in [6, 6.07) is 0. The molecule has 0 saturated heterocycles. The Morgan fingerprint density at radius 1 is 1.33 bits per heavy atom. The molecule has 54 valence electrons. The maximum Gasteiger partial charge on any atom is 0.0623 e. The maximum absolute atomic E-state index is 3.99. The Bertz CT molecular complexity index is 178. The molecule has 0 bridgehead atoms. The lowest BCUT2D eigenvalue weighted by atomic mass is 10.2. The Balaban J connectivity index is 0. The molecule has 0 spiro atoms. The van der Waals surface area contributed by atoms with Crippen LogP contribution in [0.5, 0.6) is 0 Å². The lowest BCUT2D eigenvalue weighted by molar-refractivity contribution is 1.02. The van der Waals surface area contributed by atoms with E-state index in [1.165, 1.54) is 11.3 Å². The van der Waals surface area contributed by atoms with Crippen LogP contribution in [0.15, 0.2) is 0 Å². The minimum Gasteiger partial charge on any atom is -0.282 e. The van der Waals surface area contributed by atoms with Crippen molar-refractivity contribution in [3.8, 4) is 0 Å². The molecule has 1 aromatic heterocycles. The quantitative estimate of drug-likeness (QED) is 0.593. The van der Waals surface area contributed by atoms with Crippen molar-refractivity contribution in [2.45, 2.75) is 20.8 Å². The van der Waals surface area contributed by atoms with Crippen molar-refractivity contribution in [1.29, 1.82) is 0 Å². The number of aromatic amines is 1. The van der Waals surface area contributed by atoms with E-state index in [1.807, 2.05) is 13.8 Å². The molecule has 0 amide bonds. The van der Waals surface area contributed by atoms with Crippen LogP contribution in [0.2, 0.25) is 0 Å². The Morgan fingerprint density at radius 2 is 1.89 bits per heavy atom. The highest BCUT2D eigenvalue weighted by Crippen LogP contribution is 2.04. The first-order valence-electron chi connectivity index (χ1n) is 2.70. The number of nitrogens with one attached hydrogen (secondary N) is 1. The van der Waals surface area contributed by atoms with Gasteiger partial charge in [0.15, 0.2) is 0 Å².